The van der Waals surface area contributed by atoms with Gasteiger partial charge in [-0.25, -0.2) is 8.42 Å². The van der Waals surface area contributed by atoms with Gasteiger partial charge in [0.1, 0.15) is 5.84 Å². The molecule has 4 rings (SSSR count). The SMILES string of the molecule is Cc1ccc(CS(=O)(=O)Nc2ccc(N3CNc4occc4C3=N)cc2)cc1. The van der Waals surface area contributed by atoms with Crippen LogP contribution >= 0.6 is 0 Å². The Labute approximate surface area is 163 Å². The lowest BCUT2D eigenvalue weighted by Gasteiger charge is -2.29. The van der Waals surface area contributed by atoms with Gasteiger partial charge in [0.05, 0.1) is 24.2 Å². The number of hydrogen-bond donors (Lipinski definition) is 3. The molecule has 28 heavy (non-hydrogen) atoms. The number of benzene rings is 2. The Bertz CT molecular complexity index is 1100. The Hall–Kier alpha value is -3.26. The first-order valence-electron chi connectivity index (χ1n) is 8.75. The van der Waals surface area contributed by atoms with Crippen LogP contribution in [0.25, 0.3) is 0 Å². The highest BCUT2D eigenvalue weighted by Gasteiger charge is 2.24. The molecule has 0 bridgehead atoms. The van der Waals surface area contributed by atoms with Crippen molar-refractivity contribution in [3.8, 4) is 0 Å². The van der Waals surface area contributed by atoms with Crippen LogP contribution in [0.3, 0.4) is 0 Å². The zero-order chi connectivity index (χ0) is 19.7. The topological polar surface area (TPSA) is 98.4 Å². The Morgan fingerprint density at radius 1 is 1.11 bits per heavy atom. The molecule has 1 aliphatic heterocycles. The average Bonchev–Trinajstić information content (AvgIpc) is 3.14. The molecule has 8 heteroatoms. The lowest BCUT2D eigenvalue weighted by atomic mass is 10.2. The van der Waals surface area contributed by atoms with E-state index in [0.717, 1.165) is 16.8 Å². The number of rotatable bonds is 5. The molecule has 2 heterocycles. The standard InChI is InChI=1S/C20H20N4O3S/c1-14-2-4-15(5-3-14)12-28(25,26)23-16-6-8-17(9-7-16)24-13-22-20-18(19(24)21)10-11-27-20/h2-11,21-23H,12-13H2,1H3. The zero-order valence-electron chi connectivity index (χ0n) is 15.3. The molecule has 1 aliphatic rings. The van der Waals surface area contributed by atoms with Crippen LogP contribution in [0.1, 0.15) is 16.7 Å². The second-order valence-electron chi connectivity index (χ2n) is 6.67. The number of amidine groups is 1. The van der Waals surface area contributed by atoms with Crippen LogP contribution in [0.5, 0.6) is 0 Å². The fourth-order valence-electron chi connectivity index (χ4n) is 3.06. The van der Waals surface area contributed by atoms with Crippen LogP contribution in [0.2, 0.25) is 0 Å². The number of furan rings is 1. The summed E-state index contributed by atoms with van der Waals surface area (Å²) in [5.74, 6) is 0.829. The number of fused-ring (bicyclic) bond motifs is 1. The van der Waals surface area contributed by atoms with E-state index in [1.54, 1.807) is 41.5 Å². The molecule has 2 aromatic carbocycles. The summed E-state index contributed by atoms with van der Waals surface area (Å²) in [5, 5.41) is 11.4. The minimum atomic E-state index is -3.51. The van der Waals surface area contributed by atoms with Crippen molar-refractivity contribution in [1.29, 1.82) is 5.41 Å². The molecule has 0 amide bonds. The van der Waals surface area contributed by atoms with Crippen molar-refractivity contribution >= 4 is 33.1 Å². The van der Waals surface area contributed by atoms with Crippen molar-refractivity contribution in [2.24, 2.45) is 0 Å². The van der Waals surface area contributed by atoms with E-state index in [0.29, 0.717) is 29.6 Å². The average molecular weight is 396 g/mol. The molecule has 0 saturated carbocycles. The first-order valence-corrected chi connectivity index (χ1v) is 10.4. The third kappa shape index (κ3) is 3.72. The Morgan fingerprint density at radius 2 is 1.82 bits per heavy atom. The lowest BCUT2D eigenvalue weighted by molar-refractivity contribution is 0.577. The van der Waals surface area contributed by atoms with Gasteiger partial charge in [-0.3, -0.25) is 10.1 Å². The van der Waals surface area contributed by atoms with Crippen LogP contribution in [0.4, 0.5) is 17.3 Å². The Morgan fingerprint density at radius 3 is 2.54 bits per heavy atom. The van der Waals surface area contributed by atoms with E-state index in [4.69, 9.17) is 9.83 Å². The van der Waals surface area contributed by atoms with E-state index >= 15 is 0 Å². The number of nitrogens with one attached hydrogen (secondary N) is 3. The number of hydrogen-bond acceptors (Lipinski definition) is 5. The quantitative estimate of drug-likeness (QED) is 0.610. The highest BCUT2D eigenvalue weighted by Crippen LogP contribution is 2.28. The summed E-state index contributed by atoms with van der Waals surface area (Å²) >= 11 is 0. The molecule has 144 valence electrons. The van der Waals surface area contributed by atoms with Crippen molar-refractivity contribution in [2.45, 2.75) is 12.7 Å². The van der Waals surface area contributed by atoms with E-state index < -0.39 is 10.0 Å². The third-order valence-electron chi connectivity index (χ3n) is 4.52. The van der Waals surface area contributed by atoms with E-state index in [2.05, 4.69) is 10.0 Å². The van der Waals surface area contributed by atoms with Crippen molar-refractivity contribution < 1.29 is 12.8 Å². The first-order chi connectivity index (χ1) is 13.4. The third-order valence-corrected chi connectivity index (χ3v) is 5.78. The molecular formula is C20H20N4O3S. The molecule has 3 N–H and O–H groups in total. The van der Waals surface area contributed by atoms with Gasteiger partial charge < -0.3 is 14.6 Å². The number of anilines is 3. The number of sulfonamides is 1. The van der Waals surface area contributed by atoms with Gasteiger partial charge in [-0.2, -0.15) is 0 Å². The van der Waals surface area contributed by atoms with Crippen molar-refractivity contribution in [3.63, 3.8) is 0 Å². The minimum Gasteiger partial charge on any atom is -0.448 e. The molecule has 7 nitrogen and oxygen atoms in total. The van der Waals surface area contributed by atoms with Gasteiger partial charge in [0.15, 0.2) is 0 Å². The second-order valence-corrected chi connectivity index (χ2v) is 8.39. The van der Waals surface area contributed by atoms with Gasteiger partial charge in [0, 0.05) is 11.4 Å². The maximum atomic E-state index is 12.4. The molecule has 0 unspecified atom stereocenters. The summed E-state index contributed by atoms with van der Waals surface area (Å²) in [6, 6.07) is 16.1. The van der Waals surface area contributed by atoms with E-state index in [-0.39, 0.29) is 5.75 Å². The van der Waals surface area contributed by atoms with E-state index in [9.17, 15) is 8.42 Å². The van der Waals surface area contributed by atoms with Gasteiger partial charge in [-0.05, 0) is 42.8 Å². The highest BCUT2D eigenvalue weighted by atomic mass is 32.2. The minimum absolute atomic E-state index is 0.0843. The molecule has 0 saturated heterocycles. The molecule has 0 atom stereocenters. The number of aryl methyl sites for hydroxylation is 1. The monoisotopic (exact) mass is 396 g/mol. The smallest absolute Gasteiger partial charge is 0.236 e. The van der Waals surface area contributed by atoms with Gasteiger partial charge in [0.25, 0.3) is 0 Å². The van der Waals surface area contributed by atoms with Crippen LogP contribution in [-0.2, 0) is 15.8 Å². The summed E-state index contributed by atoms with van der Waals surface area (Å²) < 4.78 is 32.7. The van der Waals surface area contributed by atoms with Crippen LogP contribution in [0, 0.1) is 12.3 Å². The molecule has 3 aromatic rings. The van der Waals surface area contributed by atoms with Gasteiger partial charge in [0.2, 0.25) is 15.9 Å². The normalized spacial score (nSPS) is 13.8. The molecule has 0 radical (unpaired) electrons. The molecule has 0 aliphatic carbocycles. The van der Waals surface area contributed by atoms with E-state index in [1.807, 2.05) is 31.2 Å². The summed E-state index contributed by atoms with van der Waals surface area (Å²) in [5.41, 5.74) is 3.78. The number of nitrogens with zero attached hydrogens (tertiary/aromatic N) is 1. The maximum Gasteiger partial charge on any atom is 0.236 e. The molecule has 1 aromatic heterocycles. The highest BCUT2D eigenvalue weighted by molar-refractivity contribution is 7.91. The van der Waals surface area contributed by atoms with Crippen LogP contribution < -0.4 is 14.9 Å². The Kier molecular flexibility index (Phi) is 4.56. The largest absolute Gasteiger partial charge is 0.448 e. The summed E-state index contributed by atoms with van der Waals surface area (Å²) in [6.07, 6.45) is 1.54. The van der Waals surface area contributed by atoms with Crippen molar-refractivity contribution in [3.05, 3.63) is 77.6 Å². The van der Waals surface area contributed by atoms with Gasteiger partial charge >= 0.3 is 0 Å². The predicted octanol–water partition coefficient (Wildman–Crippen LogP) is 3.74. The van der Waals surface area contributed by atoms with Crippen LogP contribution in [-0.4, -0.2) is 20.9 Å². The van der Waals surface area contributed by atoms with Crippen molar-refractivity contribution in [1.82, 2.24) is 0 Å². The summed E-state index contributed by atoms with van der Waals surface area (Å²) in [4.78, 5) is 1.78. The molecule has 0 fully saturated rings. The predicted molar refractivity (Wildman–Crippen MR) is 110 cm³/mol. The first kappa shape index (κ1) is 18.1. The van der Waals surface area contributed by atoms with Gasteiger partial charge in [-0.1, -0.05) is 29.8 Å². The zero-order valence-corrected chi connectivity index (χ0v) is 16.1. The van der Waals surface area contributed by atoms with E-state index in [1.165, 1.54) is 0 Å². The van der Waals surface area contributed by atoms with Gasteiger partial charge in [-0.15, -0.1) is 0 Å². The van der Waals surface area contributed by atoms with Crippen LogP contribution in [0.15, 0.2) is 65.3 Å². The fourth-order valence-corrected chi connectivity index (χ4v) is 4.26. The van der Waals surface area contributed by atoms with Crippen molar-refractivity contribution in [2.75, 3.05) is 21.6 Å². The second kappa shape index (κ2) is 7.05. The Balaban J connectivity index is 1.46. The lowest BCUT2D eigenvalue weighted by Crippen LogP contribution is -2.39. The maximum absolute atomic E-state index is 12.4. The molecule has 0 spiro atoms. The summed E-state index contributed by atoms with van der Waals surface area (Å²) in [7, 11) is -3.51. The summed E-state index contributed by atoms with van der Waals surface area (Å²) in [6.45, 7) is 2.36. The fraction of sp³-hybridized carbons (Fsp3) is 0.150. The molecular weight excluding hydrogens is 376 g/mol.